The molecule has 1 unspecified atom stereocenters. The van der Waals surface area contributed by atoms with Crippen LogP contribution >= 0.6 is 11.8 Å². The van der Waals surface area contributed by atoms with Crippen molar-refractivity contribution in [3.63, 3.8) is 0 Å². The van der Waals surface area contributed by atoms with Crippen molar-refractivity contribution < 1.29 is 23.5 Å². The van der Waals surface area contributed by atoms with Crippen molar-refractivity contribution >= 4 is 29.3 Å². The molecule has 33 heavy (non-hydrogen) atoms. The summed E-state index contributed by atoms with van der Waals surface area (Å²) in [6.45, 7) is 6.11. The van der Waals surface area contributed by atoms with Crippen LogP contribution in [0.25, 0.3) is 0 Å². The summed E-state index contributed by atoms with van der Waals surface area (Å²) in [6.07, 6.45) is 2.49. The average molecular weight is 473 g/mol. The van der Waals surface area contributed by atoms with Crippen molar-refractivity contribution in [3.05, 3.63) is 65.0 Å². The number of aryl methyl sites for hydroxylation is 1. The zero-order valence-electron chi connectivity index (χ0n) is 18.8. The number of benzene rings is 2. The lowest BCUT2D eigenvalue weighted by Crippen LogP contribution is -2.30. The highest BCUT2D eigenvalue weighted by molar-refractivity contribution is 8.00. The molecule has 2 aromatic rings. The number of anilines is 1. The quantitative estimate of drug-likeness (QED) is 0.403. The molecule has 2 aliphatic heterocycles. The van der Waals surface area contributed by atoms with Crippen LogP contribution in [0.2, 0.25) is 0 Å². The first kappa shape index (κ1) is 23.7. The molecule has 6 nitrogen and oxygen atoms in total. The van der Waals surface area contributed by atoms with Crippen LogP contribution in [0.1, 0.15) is 39.7 Å². The van der Waals surface area contributed by atoms with E-state index < -0.39 is 5.97 Å². The van der Waals surface area contributed by atoms with Gasteiger partial charge in [-0.15, -0.1) is 11.8 Å². The summed E-state index contributed by atoms with van der Waals surface area (Å²) in [6, 6.07) is 11.4. The van der Waals surface area contributed by atoms with E-state index >= 15 is 0 Å². The topological polar surface area (TPSA) is 59.1 Å². The monoisotopic (exact) mass is 472 g/mol. The fraction of sp³-hybridized carbons (Fsp3) is 0.440. The number of hydrogen-bond acceptors (Lipinski definition) is 6. The smallest absolute Gasteiger partial charge is 0.340 e. The Bertz CT molecular complexity index is 979. The van der Waals surface area contributed by atoms with Crippen LogP contribution in [0, 0.1) is 12.7 Å². The van der Waals surface area contributed by atoms with Gasteiger partial charge in [-0.1, -0.05) is 24.3 Å². The van der Waals surface area contributed by atoms with Gasteiger partial charge in [0.25, 0.3) is 0 Å². The van der Waals surface area contributed by atoms with Gasteiger partial charge in [0, 0.05) is 6.54 Å². The van der Waals surface area contributed by atoms with Gasteiger partial charge in [0.2, 0.25) is 5.91 Å². The number of nitrogens with zero attached hydrogens (tertiary/aromatic N) is 2. The van der Waals surface area contributed by atoms with E-state index in [1.165, 1.54) is 36.7 Å². The van der Waals surface area contributed by atoms with E-state index in [0.717, 1.165) is 30.8 Å². The Kier molecular flexibility index (Phi) is 8.01. The molecule has 2 aliphatic rings. The lowest BCUT2D eigenvalue weighted by atomic mass is 10.1. The summed E-state index contributed by atoms with van der Waals surface area (Å²) in [4.78, 5) is 29.8. The van der Waals surface area contributed by atoms with Gasteiger partial charge >= 0.3 is 5.97 Å². The number of hydrogen-bond donors (Lipinski definition) is 0. The van der Waals surface area contributed by atoms with Gasteiger partial charge in [-0.25, -0.2) is 9.18 Å². The molecule has 2 fully saturated rings. The van der Waals surface area contributed by atoms with Gasteiger partial charge in [-0.2, -0.15) is 0 Å². The molecule has 0 aromatic heterocycles. The largest absolute Gasteiger partial charge is 0.460 e. The van der Waals surface area contributed by atoms with E-state index in [1.54, 1.807) is 29.2 Å². The molecular formula is C25H29FN2O4S. The Morgan fingerprint density at radius 3 is 2.61 bits per heavy atom. The van der Waals surface area contributed by atoms with E-state index in [-0.39, 0.29) is 29.5 Å². The molecule has 176 valence electrons. The number of halogens is 1. The normalized spacial score (nSPS) is 18.8. The molecule has 2 saturated heterocycles. The first-order valence-corrected chi connectivity index (χ1v) is 12.4. The summed E-state index contributed by atoms with van der Waals surface area (Å²) < 4.78 is 24.5. The zero-order chi connectivity index (χ0) is 23.2. The number of rotatable bonds is 9. The Morgan fingerprint density at radius 1 is 1.09 bits per heavy atom. The number of para-hydroxylation sites is 1. The summed E-state index contributed by atoms with van der Waals surface area (Å²) in [5.41, 5.74) is 2.49. The van der Waals surface area contributed by atoms with E-state index in [2.05, 4.69) is 4.90 Å². The highest BCUT2D eigenvalue weighted by Crippen LogP contribution is 2.44. The lowest BCUT2D eigenvalue weighted by Gasteiger charge is -2.27. The van der Waals surface area contributed by atoms with Crippen LogP contribution in [-0.2, 0) is 14.3 Å². The third kappa shape index (κ3) is 5.75. The number of likely N-dealkylation sites (tertiary alicyclic amines) is 1. The van der Waals surface area contributed by atoms with Crippen molar-refractivity contribution in [1.29, 1.82) is 0 Å². The predicted octanol–water partition coefficient (Wildman–Crippen LogP) is 4.18. The molecule has 8 heteroatoms. The molecule has 0 aliphatic carbocycles. The molecule has 0 radical (unpaired) electrons. The third-order valence-corrected chi connectivity index (χ3v) is 7.15. The van der Waals surface area contributed by atoms with Crippen LogP contribution in [-0.4, -0.2) is 62.0 Å². The number of carbonyl (C=O) groups excluding carboxylic acids is 2. The summed E-state index contributed by atoms with van der Waals surface area (Å²) in [5.74, 6) is -0.625. The molecule has 0 spiro atoms. The highest BCUT2D eigenvalue weighted by Gasteiger charge is 2.37. The van der Waals surface area contributed by atoms with Crippen LogP contribution in [0.5, 0.6) is 0 Å². The number of thioether (sulfide) groups is 1. The highest BCUT2D eigenvalue weighted by atomic mass is 32.2. The molecule has 4 rings (SSSR count). The Labute approximate surface area is 198 Å². The molecular weight excluding hydrogens is 443 g/mol. The molecule has 2 aromatic carbocycles. The van der Waals surface area contributed by atoms with Crippen molar-refractivity contribution in [3.8, 4) is 0 Å². The third-order valence-electron chi connectivity index (χ3n) is 5.93. The van der Waals surface area contributed by atoms with Gasteiger partial charge in [-0.05, 0) is 62.2 Å². The van der Waals surface area contributed by atoms with E-state index in [4.69, 9.17) is 9.47 Å². The minimum atomic E-state index is -0.487. The molecule has 0 bridgehead atoms. The maximum Gasteiger partial charge on any atom is 0.340 e. The molecule has 2 heterocycles. The standard InChI is InChI=1S/C25H29FN2O4S/c1-18-5-4-6-21(25(30)32-16-15-31-14-13-27-11-2-3-12-27)23(18)28-22(29)17-33-24(28)19-7-9-20(26)10-8-19/h4-10,24H,2-3,11-17H2,1H3. The van der Waals surface area contributed by atoms with Crippen LogP contribution < -0.4 is 4.90 Å². The lowest BCUT2D eigenvalue weighted by molar-refractivity contribution is -0.115. The number of ether oxygens (including phenoxy) is 2. The second-order valence-corrected chi connectivity index (χ2v) is 9.32. The second kappa shape index (κ2) is 11.1. The van der Waals surface area contributed by atoms with Crippen LogP contribution in [0.4, 0.5) is 10.1 Å². The minimum absolute atomic E-state index is 0.0945. The first-order valence-electron chi connectivity index (χ1n) is 11.3. The van der Waals surface area contributed by atoms with Crippen molar-refractivity contribution in [1.82, 2.24) is 4.90 Å². The van der Waals surface area contributed by atoms with E-state index in [9.17, 15) is 14.0 Å². The molecule has 0 N–H and O–H groups in total. The van der Waals surface area contributed by atoms with Crippen molar-refractivity contribution in [2.75, 3.05) is 50.1 Å². The average Bonchev–Trinajstić information content (AvgIpc) is 3.46. The van der Waals surface area contributed by atoms with Gasteiger partial charge in [0.1, 0.15) is 17.8 Å². The van der Waals surface area contributed by atoms with E-state index in [1.807, 2.05) is 13.0 Å². The maximum absolute atomic E-state index is 13.4. The van der Waals surface area contributed by atoms with Crippen LogP contribution in [0.3, 0.4) is 0 Å². The minimum Gasteiger partial charge on any atom is -0.460 e. The van der Waals surface area contributed by atoms with Crippen molar-refractivity contribution in [2.24, 2.45) is 0 Å². The number of amides is 1. The Balaban J connectivity index is 1.42. The SMILES string of the molecule is Cc1cccc(C(=O)OCCOCCN2CCCC2)c1N1C(=O)CSC1c1ccc(F)cc1. The molecule has 1 atom stereocenters. The first-order chi connectivity index (χ1) is 16.0. The fourth-order valence-corrected chi connectivity index (χ4v) is 5.42. The summed E-state index contributed by atoms with van der Waals surface area (Å²) in [5, 5.41) is -0.334. The molecule has 1 amide bonds. The predicted molar refractivity (Wildman–Crippen MR) is 127 cm³/mol. The van der Waals surface area contributed by atoms with Gasteiger partial charge in [-0.3, -0.25) is 9.69 Å². The molecule has 0 saturated carbocycles. The maximum atomic E-state index is 13.4. The van der Waals surface area contributed by atoms with E-state index in [0.29, 0.717) is 24.5 Å². The number of carbonyl (C=O) groups is 2. The zero-order valence-corrected chi connectivity index (χ0v) is 19.6. The summed E-state index contributed by atoms with van der Waals surface area (Å²) in [7, 11) is 0. The van der Waals surface area contributed by atoms with Crippen molar-refractivity contribution in [2.45, 2.75) is 25.1 Å². The Morgan fingerprint density at radius 2 is 1.85 bits per heavy atom. The Hall–Kier alpha value is -2.42. The number of esters is 1. The fourth-order valence-electron chi connectivity index (χ4n) is 4.26. The second-order valence-electron chi connectivity index (χ2n) is 8.25. The van der Waals surface area contributed by atoms with Gasteiger partial charge < -0.3 is 14.4 Å². The van der Waals surface area contributed by atoms with Gasteiger partial charge in [0.15, 0.2) is 0 Å². The summed E-state index contributed by atoms with van der Waals surface area (Å²) >= 11 is 1.46. The van der Waals surface area contributed by atoms with Gasteiger partial charge in [0.05, 0.1) is 30.2 Å². The van der Waals surface area contributed by atoms with Crippen LogP contribution in [0.15, 0.2) is 42.5 Å².